The summed E-state index contributed by atoms with van der Waals surface area (Å²) in [6, 6.07) is 2.25. The van der Waals surface area contributed by atoms with E-state index in [-0.39, 0.29) is 11.9 Å². The number of amides is 1. The summed E-state index contributed by atoms with van der Waals surface area (Å²) in [4.78, 5) is 11.0. The van der Waals surface area contributed by atoms with Gasteiger partial charge in [-0.15, -0.1) is 11.6 Å². The van der Waals surface area contributed by atoms with Crippen LogP contribution in [0.15, 0.2) is 0 Å². The molecule has 1 saturated carbocycles. The highest BCUT2D eigenvalue weighted by atomic mass is 35.5. The smallest absolute Gasteiger partial charge is 0.217 e. The molecule has 0 aromatic carbocycles. The van der Waals surface area contributed by atoms with Crippen molar-refractivity contribution in [2.75, 3.05) is 0 Å². The Morgan fingerprint density at radius 3 is 2.87 bits per heavy atom. The van der Waals surface area contributed by atoms with Crippen LogP contribution in [-0.2, 0) is 4.79 Å². The molecule has 0 saturated heterocycles. The molecular weight excluding hydrogens is 212 g/mol. The normalized spacial score (nSPS) is 27.8. The molecule has 0 aromatic rings. The molecule has 1 fully saturated rings. The summed E-state index contributed by atoms with van der Waals surface area (Å²) in [7, 11) is 0. The molecule has 1 rings (SSSR count). The van der Waals surface area contributed by atoms with E-state index in [0.717, 1.165) is 19.3 Å². The molecule has 0 heterocycles. The average molecular weight is 229 g/mol. The lowest BCUT2D eigenvalue weighted by atomic mass is 9.81. The highest BCUT2D eigenvalue weighted by molar-refractivity contribution is 6.22. The van der Waals surface area contributed by atoms with Crippen molar-refractivity contribution in [3.63, 3.8) is 0 Å². The van der Waals surface area contributed by atoms with Crippen LogP contribution in [0.2, 0.25) is 0 Å². The van der Waals surface area contributed by atoms with E-state index in [2.05, 4.69) is 5.32 Å². The molecule has 0 aromatic heterocycles. The first-order valence-corrected chi connectivity index (χ1v) is 5.88. The Labute approximate surface area is 95.8 Å². The third-order valence-corrected chi connectivity index (χ3v) is 3.22. The standard InChI is InChI=1S/C11H17ClN2O/c1-8(15)14-11-5-3-2-4-9(11)6-10(12)7-13/h9-11H,2-6H2,1H3,(H,14,15). The molecule has 4 heteroatoms. The maximum atomic E-state index is 11.0. The molecule has 3 nitrogen and oxygen atoms in total. The van der Waals surface area contributed by atoms with Crippen molar-refractivity contribution in [3.8, 4) is 6.07 Å². The van der Waals surface area contributed by atoms with Crippen LogP contribution in [-0.4, -0.2) is 17.3 Å². The van der Waals surface area contributed by atoms with E-state index in [1.807, 2.05) is 6.07 Å². The molecule has 3 unspecified atom stereocenters. The third-order valence-electron chi connectivity index (χ3n) is 2.95. The van der Waals surface area contributed by atoms with Gasteiger partial charge >= 0.3 is 0 Å². The minimum absolute atomic E-state index is 0.00924. The Morgan fingerprint density at radius 2 is 2.27 bits per heavy atom. The van der Waals surface area contributed by atoms with E-state index >= 15 is 0 Å². The van der Waals surface area contributed by atoms with Crippen molar-refractivity contribution in [2.45, 2.75) is 50.4 Å². The van der Waals surface area contributed by atoms with E-state index in [9.17, 15) is 4.79 Å². The Kier molecular flexibility index (Phi) is 4.90. The van der Waals surface area contributed by atoms with Crippen molar-refractivity contribution in [3.05, 3.63) is 0 Å². The molecule has 15 heavy (non-hydrogen) atoms. The highest BCUT2D eigenvalue weighted by Gasteiger charge is 2.27. The molecular formula is C11H17ClN2O. The van der Waals surface area contributed by atoms with Crippen molar-refractivity contribution < 1.29 is 4.79 Å². The molecule has 1 amide bonds. The van der Waals surface area contributed by atoms with Crippen molar-refractivity contribution >= 4 is 17.5 Å². The van der Waals surface area contributed by atoms with Gasteiger partial charge in [-0.3, -0.25) is 4.79 Å². The number of hydrogen-bond acceptors (Lipinski definition) is 2. The van der Waals surface area contributed by atoms with Crippen LogP contribution in [0.25, 0.3) is 0 Å². The van der Waals surface area contributed by atoms with E-state index in [1.54, 1.807) is 0 Å². The van der Waals surface area contributed by atoms with Gasteiger partial charge in [0.1, 0.15) is 5.38 Å². The van der Waals surface area contributed by atoms with Gasteiger partial charge in [0.05, 0.1) is 6.07 Å². The zero-order chi connectivity index (χ0) is 11.3. The lowest BCUT2D eigenvalue weighted by Gasteiger charge is -2.32. The average Bonchev–Trinajstić information content (AvgIpc) is 2.20. The Bertz CT molecular complexity index is 262. The zero-order valence-electron chi connectivity index (χ0n) is 9.00. The molecule has 1 N–H and O–H groups in total. The number of nitrogens with one attached hydrogen (secondary N) is 1. The monoisotopic (exact) mass is 228 g/mol. The van der Waals surface area contributed by atoms with Gasteiger partial charge in [-0.05, 0) is 25.2 Å². The van der Waals surface area contributed by atoms with Gasteiger partial charge in [-0.25, -0.2) is 0 Å². The topological polar surface area (TPSA) is 52.9 Å². The minimum Gasteiger partial charge on any atom is -0.353 e. The molecule has 0 spiro atoms. The first-order valence-electron chi connectivity index (χ1n) is 5.44. The van der Waals surface area contributed by atoms with Gasteiger partial charge in [0.15, 0.2) is 0 Å². The number of halogens is 1. The van der Waals surface area contributed by atoms with E-state index in [0.29, 0.717) is 12.3 Å². The minimum atomic E-state index is -0.427. The summed E-state index contributed by atoms with van der Waals surface area (Å²) in [5.74, 6) is 0.375. The molecule has 0 radical (unpaired) electrons. The van der Waals surface area contributed by atoms with Gasteiger partial charge < -0.3 is 5.32 Å². The number of rotatable bonds is 3. The van der Waals surface area contributed by atoms with E-state index < -0.39 is 5.38 Å². The van der Waals surface area contributed by atoms with Gasteiger partial charge in [0.2, 0.25) is 5.91 Å². The second-order valence-corrected chi connectivity index (χ2v) is 4.71. The summed E-state index contributed by atoms with van der Waals surface area (Å²) < 4.78 is 0. The fourth-order valence-corrected chi connectivity index (χ4v) is 2.49. The fourth-order valence-electron chi connectivity index (χ4n) is 2.26. The summed E-state index contributed by atoms with van der Waals surface area (Å²) in [6.07, 6.45) is 5.09. The van der Waals surface area contributed by atoms with Crippen LogP contribution in [0.1, 0.15) is 39.0 Å². The highest BCUT2D eigenvalue weighted by Crippen LogP contribution is 2.29. The SMILES string of the molecule is CC(=O)NC1CCCCC1CC(Cl)C#N. The van der Waals surface area contributed by atoms with Gasteiger partial charge in [-0.1, -0.05) is 12.8 Å². The van der Waals surface area contributed by atoms with Crippen molar-refractivity contribution in [1.29, 1.82) is 5.26 Å². The van der Waals surface area contributed by atoms with Crippen LogP contribution < -0.4 is 5.32 Å². The Balaban J connectivity index is 2.50. The lowest BCUT2D eigenvalue weighted by molar-refractivity contribution is -0.120. The fraction of sp³-hybridized carbons (Fsp3) is 0.818. The summed E-state index contributed by atoms with van der Waals surface area (Å²) in [5.41, 5.74) is 0. The van der Waals surface area contributed by atoms with E-state index in [1.165, 1.54) is 13.3 Å². The molecule has 1 aliphatic carbocycles. The summed E-state index contributed by atoms with van der Waals surface area (Å²) in [5, 5.41) is 11.2. The van der Waals surface area contributed by atoms with Gasteiger partial charge in [0, 0.05) is 13.0 Å². The number of alkyl halides is 1. The van der Waals surface area contributed by atoms with Crippen LogP contribution in [0.3, 0.4) is 0 Å². The molecule has 84 valence electrons. The predicted octanol–water partition coefficient (Wildman–Crippen LogP) is 2.20. The quantitative estimate of drug-likeness (QED) is 0.753. The van der Waals surface area contributed by atoms with E-state index in [4.69, 9.17) is 16.9 Å². The second-order valence-electron chi connectivity index (χ2n) is 4.18. The molecule has 1 aliphatic rings. The predicted molar refractivity (Wildman–Crippen MR) is 59.4 cm³/mol. The zero-order valence-corrected chi connectivity index (χ0v) is 9.76. The number of hydrogen-bond donors (Lipinski definition) is 1. The maximum absolute atomic E-state index is 11.0. The largest absolute Gasteiger partial charge is 0.353 e. The van der Waals surface area contributed by atoms with Crippen molar-refractivity contribution in [1.82, 2.24) is 5.32 Å². The first kappa shape index (κ1) is 12.3. The van der Waals surface area contributed by atoms with Crippen LogP contribution >= 0.6 is 11.6 Å². The molecule has 3 atom stereocenters. The molecule has 0 aliphatic heterocycles. The third kappa shape index (κ3) is 4.09. The molecule has 0 bridgehead atoms. The number of carbonyl (C=O) groups excluding carboxylic acids is 1. The Morgan fingerprint density at radius 1 is 1.60 bits per heavy atom. The first-order chi connectivity index (χ1) is 7.13. The summed E-state index contributed by atoms with van der Waals surface area (Å²) >= 11 is 5.83. The van der Waals surface area contributed by atoms with Gasteiger partial charge in [0.25, 0.3) is 0 Å². The number of nitriles is 1. The van der Waals surface area contributed by atoms with Crippen LogP contribution in [0.4, 0.5) is 0 Å². The van der Waals surface area contributed by atoms with Gasteiger partial charge in [-0.2, -0.15) is 5.26 Å². The van der Waals surface area contributed by atoms with Crippen LogP contribution in [0.5, 0.6) is 0 Å². The number of nitrogens with zero attached hydrogens (tertiary/aromatic N) is 1. The summed E-state index contributed by atoms with van der Waals surface area (Å²) in [6.45, 7) is 1.54. The maximum Gasteiger partial charge on any atom is 0.217 e. The van der Waals surface area contributed by atoms with Crippen molar-refractivity contribution in [2.24, 2.45) is 5.92 Å². The number of carbonyl (C=O) groups is 1. The van der Waals surface area contributed by atoms with Crippen LogP contribution in [0, 0.1) is 17.2 Å². The second kappa shape index (κ2) is 5.97. The Hall–Kier alpha value is -0.750. The lowest BCUT2D eigenvalue weighted by Crippen LogP contribution is -2.41.